The summed E-state index contributed by atoms with van der Waals surface area (Å²) in [6.45, 7) is 2.63. The van der Waals surface area contributed by atoms with E-state index in [0.717, 1.165) is 6.92 Å². The van der Waals surface area contributed by atoms with Gasteiger partial charge in [-0.3, -0.25) is 48.1 Å². The molecule has 7 amide bonds. The summed E-state index contributed by atoms with van der Waals surface area (Å²) in [4.78, 5) is 119. The SMILES string of the molecule is CC(=O)N1CCCC1C(=O)N1CCCC1C(=O)N1CCCC1C(=O)NC(CC(=O)O)C(=O)NC(CO)C(=O)NC(CCCN=C(N)N)C(N)=O.CC(=O)O. The number of aliphatic hydroxyl groups excluding tert-OH is 1. The number of nitrogens with two attached hydrogens (primary N) is 3. The summed E-state index contributed by atoms with van der Waals surface area (Å²) < 4.78 is 0. The van der Waals surface area contributed by atoms with Gasteiger partial charge in [0.25, 0.3) is 5.97 Å². The van der Waals surface area contributed by atoms with Crippen molar-refractivity contribution in [3.05, 3.63) is 0 Å². The Bertz CT molecular complexity index is 1450. The molecule has 3 rings (SSSR count). The van der Waals surface area contributed by atoms with Crippen LogP contribution in [0.3, 0.4) is 0 Å². The van der Waals surface area contributed by atoms with Gasteiger partial charge in [-0.25, -0.2) is 0 Å². The number of likely N-dealkylation sites (tertiary alicyclic amines) is 3. The number of carbonyl (C=O) groups is 9. The van der Waals surface area contributed by atoms with Crippen molar-refractivity contribution in [2.75, 3.05) is 32.8 Å². The van der Waals surface area contributed by atoms with E-state index in [4.69, 9.17) is 27.1 Å². The highest BCUT2D eigenvalue weighted by atomic mass is 16.4. The monoisotopic (exact) mass is 768 g/mol. The van der Waals surface area contributed by atoms with Crippen LogP contribution in [0.4, 0.5) is 0 Å². The van der Waals surface area contributed by atoms with Gasteiger partial charge < -0.3 is 63.2 Å². The van der Waals surface area contributed by atoms with Crippen LogP contribution in [0.1, 0.15) is 71.6 Å². The molecule has 22 nitrogen and oxygen atoms in total. The molecular formula is C32H52N10O12. The van der Waals surface area contributed by atoms with Crippen LogP contribution in [0.25, 0.3) is 0 Å². The van der Waals surface area contributed by atoms with Crippen molar-refractivity contribution in [3.63, 3.8) is 0 Å². The first kappa shape index (κ1) is 44.6. The molecule has 3 aliphatic rings. The van der Waals surface area contributed by atoms with Crippen LogP contribution in [-0.4, -0.2) is 158 Å². The third kappa shape index (κ3) is 13.1. The molecule has 0 aromatic rings. The second-order valence-electron chi connectivity index (χ2n) is 13.1. The van der Waals surface area contributed by atoms with Gasteiger partial charge in [0.15, 0.2) is 5.96 Å². The fourth-order valence-corrected chi connectivity index (χ4v) is 6.55. The summed E-state index contributed by atoms with van der Waals surface area (Å²) in [7, 11) is 0. The summed E-state index contributed by atoms with van der Waals surface area (Å²) in [5.41, 5.74) is 15.9. The highest BCUT2D eigenvalue weighted by Gasteiger charge is 2.45. The molecule has 3 fully saturated rings. The molecule has 6 unspecified atom stereocenters. The number of aliphatic hydroxyl groups is 1. The first-order valence-electron chi connectivity index (χ1n) is 17.6. The molecule has 0 saturated carbocycles. The maximum absolute atomic E-state index is 13.8. The Balaban J connectivity index is 0.00000239. The fourth-order valence-electron chi connectivity index (χ4n) is 6.55. The molecule has 54 heavy (non-hydrogen) atoms. The number of hydrogen-bond acceptors (Lipinski definition) is 11. The lowest BCUT2D eigenvalue weighted by Gasteiger charge is -2.34. The molecule has 22 heteroatoms. The van der Waals surface area contributed by atoms with Gasteiger partial charge in [-0.15, -0.1) is 0 Å². The zero-order chi connectivity index (χ0) is 40.7. The van der Waals surface area contributed by atoms with Crippen molar-refractivity contribution in [1.82, 2.24) is 30.7 Å². The number of aliphatic imine (C=N–C) groups is 1. The van der Waals surface area contributed by atoms with E-state index in [0.29, 0.717) is 45.2 Å². The maximum atomic E-state index is 13.8. The molecule has 0 spiro atoms. The number of rotatable bonds is 16. The predicted octanol–water partition coefficient (Wildman–Crippen LogP) is -4.47. The molecule has 0 bridgehead atoms. The van der Waals surface area contributed by atoms with E-state index < -0.39 is 90.8 Å². The number of nitrogens with one attached hydrogen (secondary N) is 3. The minimum Gasteiger partial charge on any atom is -0.481 e. The molecule has 0 aliphatic carbocycles. The zero-order valence-corrected chi connectivity index (χ0v) is 30.4. The van der Waals surface area contributed by atoms with Gasteiger partial charge in [0.2, 0.25) is 41.4 Å². The second-order valence-corrected chi connectivity index (χ2v) is 13.1. The average molecular weight is 769 g/mol. The number of nitrogens with zero attached hydrogens (tertiary/aromatic N) is 4. The van der Waals surface area contributed by atoms with Crippen molar-refractivity contribution in [2.45, 2.75) is 108 Å². The standard InChI is InChI=1S/C30H48N10O10.C2H4O2/c1-16(42)38-11-4-8-21(38)28(49)40-13-5-9-22(40)29(50)39-12-3-7-20(39)27(48)36-18(14-23(43)44)25(46)37-19(15-41)26(47)35-17(24(31)45)6-2-10-34-30(32)33;1-2(3)4/h17-22,41H,2-15H2,1H3,(H2,31,45)(H,35,47)(H,36,48)(H,37,46)(H,43,44)(H4,32,33,34);1H3,(H,3,4). The summed E-state index contributed by atoms with van der Waals surface area (Å²) in [6.07, 6.45) is 2.10. The second kappa shape index (κ2) is 21.2. The van der Waals surface area contributed by atoms with Crippen molar-refractivity contribution in [3.8, 4) is 0 Å². The Labute approximate surface area is 311 Å². The molecule has 6 atom stereocenters. The number of carbonyl (C=O) groups excluding carboxylic acids is 7. The summed E-state index contributed by atoms with van der Waals surface area (Å²) >= 11 is 0. The van der Waals surface area contributed by atoms with Crippen LogP contribution >= 0.6 is 0 Å². The Morgan fingerprint density at radius 3 is 1.65 bits per heavy atom. The fraction of sp³-hybridized carbons (Fsp3) is 0.688. The first-order chi connectivity index (χ1) is 25.4. The zero-order valence-electron chi connectivity index (χ0n) is 30.4. The average Bonchev–Trinajstić information content (AvgIpc) is 3.88. The van der Waals surface area contributed by atoms with Crippen LogP contribution in [0.15, 0.2) is 4.99 Å². The lowest BCUT2D eigenvalue weighted by molar-refractivity contribution is -0.150. The van der Waals surface area contributed by atoms with E-state index >= 15 is 0 Å². The van der Waals surface area contributed by atoms with Gasteiger partial charge in [0.1, 0.15) is 36.3 Å². The lowest BCUT2D eigenvalue weighted by atomic mass is 10.1. The number of aliphatic carboxylic acids is 2. The van der Waals surface area contributed by atoms with E-state index in [1.54, 1.807) is 0 Å². The van der Waals surface area contributed by atoms with E-state index in [1.807, 2.05) is 0 Å². The first-order valence-corrected chi connectivity index (χ1v) is 17.6. The summed E-state index contributed by atoms with van der Waals surface area (Å²) in [5.74, 6) is -7.30. The lowest BCUT2D eigenvalue weighted by Crippen LogP contribution is -2.59. The number of hydrogen-bond donors (Lipinski definition) is 9. The third-order valence-electron chi connectivity index (χ3n) is 9.03. The number of carboxylic acid groups (broad SMARTS) is 2. The van der Waals surface area contributed by atoms with Gasteiger partial charge in [-0.05, 0) is 51.4 Å². The van der Waals surface area contributed by atoms with Crippen molar-refractivity contribution in [2.24, 2.45) is 22.2 Å². The molecular weight excluding hydrogens is 716 g/mol. The Morgan fingerprint density at radius 1 is 0.704 bits per heavy atom. The van der Waals surface area contributed by atoms with E-state index in [2.05, 4.69) is 20.9 Å². The van der Waals surface area contributed by atoms with Gasteiger partial charge in [0.05, 0.1) is 13.0 Å². The molecule has 0 radical (unpaired) electrons. The Hall–Kier alpha value is -5.54. The highest BCUT2D eigenvalue weighted by Crippen LogP contribution is 2.28. The molecule has 12 N–H and O–H groups in total. The van der Waals surface area contributed by atoms with Crippen LogP contribution in [0, 0.1) is 0 Å². The topological polar surface area (TPSA) is 351 Å². The number of primary amides is 1. The molecule has 3 aliphatic heterocycles. The van der Waals surface area contributed by atoms with Crippen LogP contribution < -0.4 is 33.2 Å². The van der Waals surface area contributed by atoms with Crippen LogP contribution in [0.5, 0.6) is 0 Å². The van der Waals surface area contributed by atoms with Gasteiger partial charge in [0, 0.05) is 40.0 Å². The van der Waals surface area contributed by atoms with Crippen LogP contribution in [0.2, 0.25) is 0 Å². The van der Waals surface area contributed by atoms with Crippen molar-refractivity contribution < 1.29 is 58.5 Å². The highest BCUT2D eigenvalue weighted by molar-refractivity contribution is 5.98. The summed E-state index contributed by atoms with van der Waals surface area (Å²) in [6, 6.07) is -7.14. The minimum atomic E-state index is -1.71. The Kier molecular flexibility index (Phi) is 17.5. The Morgan fingerprint density at radius 2 is 1.17 bits per heavy atom. The molecule has 0 aromatic heterocycles. The van der Waals surface area contributed by atoms with Gasteiger partial charge in [-0.1, -0.05) is 0 Å². The quantitative estimate of drug-likeness (QED) is 0.0406. The van der Waals surface area contributed by atoms with E-state index in [-0.39, 0.29) is 50.1 Å². The van der Waals surface area contributed by atoms with Crippen LogP contribution in [-0.2, 0) is 43.2 Å². The largest absolute Gasteiger partial charge is 0.481 e. The molecule has 0 aromatic carbocycles. The van der Waals surface area contributed by atoms with E-state index in [9.17, 15) is 48.6 Å². The van der Waals surface area contributed by atoms with Gasteiger partial charge >= 0.3 is 5.97 Å². The third-order valence-corrected chi connectivity index (χ3v) is 9.03. The molecule has 3 saturated heterocycles. The molecule has 3 heterocycles. The number of guanidine groups is 1. The summed E-state index contributed by atoms with van der Waals surface area (Å²) in [5, 5.41) is 33.6. The van der Waals surface area contributed by atoms with Crippen molar-refractivity contribution in [1.29, 1.82) is 0 Å². The predicted molar refractivity (Wildman–Crippen MR) is 187 cm³/mol. The van der Waals surface area contributed by atoms with Gasteiger partial charge in [-0.2, -0.15) is 0 Å². The normalized spacial score (nSPS) is 20.7. The smallest absolute Gasteiger partial charge is 0.305 e. The van der Waals surface area contributed by atoms with Crippen molar-refractivity contribution >= 4 is 59.2 Å². The molecule has 302 valence electrons. The number of amides is 7. The van der Waals surface area contributed by atoms with E-state index in [1.165, 1.54) is 21.6 Å². The maximum Gasteiger partial charge on any atom is 0.305 e. The number of carboxylic acids is 2. The minimum absolute atomic E-state index is 0.0302.